The van der Waals surface area contributed by atoms with Gasteiger partial charge in [0.2, 0.25) is 5.88 Å². The summed E-state index contributed by atoms with van der Waals surface area (Å²) in [6, 6.07) is 13.7. The zero-order chi connectivity index (χ0) is 13.0. The first kappa shape index (κ1) is 12.1. The molecule has 18 heavy (non-hydrogen) atoms. The number of anilines is 1. The Hall–Kier alpha value is -2.41. The molecule has 2 rings (SSSR count). The van der Waals surface area contributed by atoms with Gasteiger partial charge in [0.15, 0.2) is 0 Å². The van der Waals surface area contributed by atoms with Gasteiger partial charge in [-0.05, 0) is 12.5 Å². The van der Waals surface area contributed by atoms with E-state index in [1.807, 2.05) is 37.3 Å². The molecule has 2 N–H and O–H groups in total. The quantitative estimate of drug-likeness (QED) is 0.893. The van der Waals surface area contributed by atoms with Crippen LogP contribution in [0.2, 0.25) is 0 Å². The Labute approximate surface area is 106 Å². The van der Waals surface area contributed by atoms with Crippen LogP contribution in [0.4, 0.5) is 5.69 Å². The van der Waals surface area contributed by atoms with E-state index in [1.165, 1.54) is 0 Å². The van der Waals surface area contributed by atoms with Crippen LogP contribution in [0.5, 0.6) is 5.88 Å². The molecule has 0 radical (unpaired) electrons. The van der Waals surface area contributed by atoms with Crippen molar-refractivity contribution in [2.45, 2.75) is 13.5 Å². The summed E-state index contributed by atoms with van der Waals surface area (Å²) in [5.41, 5.74) is 7.98. The van der Waals surface area contributed by atoms with Crippen LogP contribution in [0.3, 0.4) is 0 Å². The second-order valence-electron chi connectivity index (χ2n) is 3.91. The van der Waals surface area contributed by atoms with Gasteiger partial charge in [0, 0.05) is 6.07 Å². The summed E-state index contributed by atoms with van der Waals surface area (Å²) >= 11 is 0. The minimum Gasteiger partial charge on any atom is -0.478 e. The lowest BCUT2D eigenvalue weighted by atomic mass is 10.2. The molecule has 0 saturated carbocycles. The number of nitrogens with zero attached hydrogens (tertiary/aromatic N) is 2. The van der Waals surface area contributed by atoms with Crippen molar-refractivity contribution < 1.29 is 4.74 Å². The molecule has 0 unspecified atom stereocenters. The van der Waals surface area contributed by atoms with E-state index in [0.717, 1.165) is 5.56 Å². The zero-order valence-electron chi connectivity index (χ0n) is 10.3. The molecule has 1 aromatic carbocycles. The minimum atomic E-state index is 0.504. The fourth-order valence-electron chi connectivity index (χ4n) is 1.87. The average molecular weight is 241 g/mol. The largest absolute Gasteiger partial charge is 0.478 e. The van der Waals surface area contributed by atoms with Crippen molar-refractivity contribution in [1.29, 1.82) is 5.26 Å². The first-order valence-corrected chi connectivity index (χ1v) is 5.82. The monoisotopic (exact) mass is 241 g/mol. The maximum Gasteiger partial charge on any atom is 0.218 e. The van der Waals surface area contributed by atoms with Crippen LogP contribution in [-0.4, -0.2) is 11.2 Å². The lowest BCUT2D eigenvalue weighted by Gasteiger charge is -2.11. The minimum absolute atomic E-state index is 0.504. The maximum atomic E-state index is 9.12. The molecule has 0 amide bonds. The van der Waals surface area contributed by atoms with E-state index < -0.39 is 0 Å². The van der Waals surface area contributed by atoms with Gasteiger partial charge >= 0.3 is 0 Å². The first-order valence-electron chi connectivity index (χ1n) is 5.82. The number of ether oxygens (including phenoxy) is 1. The molecule has 0 aliphatic carbocycles. The molecular formula is C14H15N3O. The van der Waals surface area contributed by atoms with Crippen LogP contribution in [-0.2, 0) is 6.54 Å². The molecule has 4 heteroatoms. The summed E-state index contributed by atoms with van der Waals surface area (Å²) in [6.07, 6.45) is 0. The lowest BCUT2D eigenvalue weighted by Crippen LogP contribution is -2.07. The van der Waals surface area contributed by atoms with E-state index in [-0.39, 0.29) is 0 Å². The highest BCUT2D eigenvalue weighted by molar-refractivity contribution is 5.55. The van der Waals surface area contributed by atoms with Gasteiger partial charge in [0.25, 0.3) is 0 Å². The van der Waals surface area contributed by atoms with Gasteiger partial charge in [-0.2, -0.15) is 5.26 Å². The Morgan fingerprint density at radius 2 is 2.06 bits per heavy atom. The van der Waals surface area contributed by atoms with Gasteiger partial charge in [-0.1, -0.05) is 30.3 Å². The molecule has 0 aliphatic heterocycles. The highest BCUT2D eigenvalue weighted by atomic mass is 16.5. The van der Waals surface area contributed by atoms with Crippen molar-refractivity contribution in [3.05, 3.63) is 47.7 Å². The highest BCUT2D eigenvalue weighted by Gasteiger charge is 2.14. The molecule has 0 saturated heterocycles. The van der Waals surface area contributed by atoms with Gasteiger partial charge in [0.1, 0.15) is 11.8 Å². The SMILES string of the molecule is CCOc1c(N)cc(C#N)n1Cc1ccccc1. The fourth-order valence-corrected chi connectivity index (χ4v) is 1.87. The number of aromatic nitrogens is 1. The maximum absolute atomic E-state index is 9.12. The smallest absolute Gasteiger partial charge is 0.218 e. The standard InChI is InChI=1S/C14H15N3O/c1-2-18-14-13(16)8-12(9-15)17(14)10-11-6-4-3-5-7-11/h3-8H,2,10,16H2,1H3. The summed E-state index contributed by atoms with van der Waals surface area (Å²) in [7, 11) is 0. The summed E-state index contributed by atoms with van der Waals surface area (Å²) in [6.45, 7) is 3.00. The molecule has 92 valence electrons. The lowest BCUT2D eigenvalue weighted by molar-refractivity contribution is 0.313. The molecular weight excluding hydrogens is 226 g/mol. The normalized spacial score (nSPS) is 10.0. The van der Waals surface area contributed by atoms with E-state index in [1.54, 1.807) is 10.6 Å². The molecule has 0 bridgehead atoms. The van der Waals surface area contributed by atoms with Crippen molar-refractivity contribution in [1.82, 2.24) is 4.57 Å². The van der Waals surface area contributed by atoms with Gasteiger partial charge in [0.05, 0.1) is 18.8 Å². The number of hydrogen-bond acceptors (Lipinski definition) is 3. The number of hydrogen-bond donors (Lipinski definition) is 1. The topological polar surface area (TPSA) is 64.0 Å². The van der Waals surface area contributed by atoms with Crippen LogP contribution in [0, 0.1) is 11.3 Å². The molecule has 0 aliphatic rings. The number of nitrogens with two attached hydrogens (primary N) is 1. The van der Waals surface area contributed by atoms with Crippen molar-refractivity contribution in [3.63, 3.8) is 0 Å². The van der Waals surface area contributed by atoms with E-state index in [9.17, 15) is 0 Å². The van der Waals surface area contributed by atoms with Gasteiger partial charge in [-0.3, -0.25) is 4.57 Å². The fraction of sp³-hybridized carbons (Fsp3) is 0.214. The molecule has 0 atom stereocenters. The van der Waals surface area contributed by atoms with Crippen LogP contribution in [0.1, 0.15) is 18.2 Å². The van der Waals surface area contributed by atoms with Crippen LogP contribution in [0.25, 0.3) is 0 Å². The third-order valence-corrected chi connectivity index (χ3v) is 2.65. The number of nitrogen functional groups attached to an aromatic ring is 1. The number of rotatable bonds is 4. The van der Waals surface area contributed by atoms with Gasteiger partial charge in [-0.25, -0.2) is 0 Å². The average Bonchev–Trinajstić information content (AvgIpc) is 2.69. The van der Waals surface area contributed by atoms with E-state index >= 15 is 0 Å². The Balaban J connectivity index is 2.39. The van der Waals surface area contributed by atoms with Gasteiger partial charge < -0.3 is 10.5 Å². The number of nitriles is 1. The summed E-state index contributed by atoms with van der Waals surface area (Å²) in [4.78, 5) is 0. The molecule has 0 spiro atoms. The third kappa shape index (κ3) is 2.30. The number of benzene rings is 1. The van der Waals surface area contributed by atoms with Crippen molar-refractivity contribution in [2.24, 2.45) is 0 Å². The zero-order valence-corrected chi connectivity index (χ0v) is 10.3. The summed E-state index contributed by atoms with van der Waals surface area (Å²) < 4.78 is 7.31. The van der Waals surface area contributed by atoms with Crippen molar-refractivity contribution in [2.75, 3.05) is 12.3 Å². The van der Waals surface area contributed by atoms with E-state index in [4.69, 9.17) is 15.7 Å². The van der Waals surface area contributed by atoms with Crippen LogP contribution >= 0.6 is 0 Å². The summed E-state index contributed by atoms with van der Waals surface area (Å²) in [5.74, 6) is 0.568. The first-order chi connectivity index (χ1) is 8.76. The Kier molecular flexibility index (Phi) is 3.54. The predicted octanol–water partition coefficient (Wildman–Crippen LogP) is 2.39. The summed E-state index contributed by atoms with van der Waals surface area (Å²) in [5, 5.41) is 9.12. The molecule has 4 nitrogen and oxygen atoms in total. The van der Waals surface area contributed by atoms with Crippen molar-refractivity contribution in [3.8, 4) is 11.9 Å². The Morgan fingerprint density at radius 1 is 1.33 bits per heavy atom. The molecule has 1 heterocycles. The Morgan fingerprint density at radius 3 is 2.67 bits per heavy atom. The van der Waals surface area contributed by atoms with Gasteiger partial charge in [-0.15, -0.1) is 0 Å². The molecule has 0 fully saturated rings. The second kappa shape index (κ2) is 5.28. The molecule has 2 aromatic rings. The van der Waals surface area contributed by atoms with E-state index in [0.29, 0.717) is 30.4 Å². The predicted molar refractivity (Wildman–Crippen MR) is 70.3 cm³/mol. The Bertz CT molecular complexity index is 567. The van der Waals surface area contributed by atoms with Crippen molar-refractivity contribution >= 4 is 5.69 Å². The third-order valence-electron chi connectivity index (χ3n) is 2.65. The van der Waals surface area contributed by atoms with Crippen LogP contribution < -0.4 is 10.5 Å². The second-order valence-corrected chi connectivity index (χ2v) is 3.91. The highest BCUT2D eigenvalue weighted by Crippen LogP contribution is 2.27. The molecule has 1 aromatic heterocycles. The van der Waals surface area contributed by atoms with E-state index in [2.05, 4.69) is 6.07 Å². The van der Waals surface area contributed by atoms with Crippen LogP contribution in [0.15, 0.2) is 36.4 Å².